The average Bonchev–Trinajstić information content (AvgIpc) is 3.21. The normalized spacial score (nSPS) is 15.9. The number of hydrogen-bond acceptors (Lipinski definition) is 6. The van der Waals surface area contributed by atoms with Gasteiger partial charge in [0.1, 0.15) is 11.1 Å². The number of non-ortho nitro benzene ring substituents is 1. The molecule has 3 aromatic rings. The molecule has 2 aromatic heterocycles. The maximum Gasteiger partial charge on any atom is 0.270 e. The molecule has 0 bridgehead atoms. The van der Waals surface area contributed by atoms with Gasteiger partial charge in [-0.2, -0.15) is 5.26 Å². The minimum atomic E-state index is -0.451. The van der Waals surface area contributed by atoms with E-state index in [0.717, 1.165) is 29.5 Å². The largest absolute Gasteiger partial charge is 0.312 e. The predicted molar refractivity (Wildman–Crippen MR) is 107 cm³/mol. The van der Waals surface area contributed by atoms with Gasteiger partial charge >= 0.3 is 0 Å². The zero-order chi connectivity index (χ0) is 19.1. The van der Waals surface area contributed by atoms with E-state index in [0.29, 0.717) is 26.7 Å². The lowest BCUT2D eigenvalue weighted by Gasteiger charge is -2.17. The molecule has 0 saturated carbocycles. The Kier molecular flexibility index (Phi) is 4.42. The van der Waals surface area contributed by atoms with Gasteiger partial charge in [0, 0.05) is 27.1 Å². The number of nitrogens with one attached hydrogen (secondary N) is 1. The van der Waals surface area contributed by atoms with Crippen molar-refractivity contribution in [2.75, 3.05) is 5.32 Å². The maximum atomic E-state index is 12.7. The lowest BCUT2D eigenvalue weighted by Crippen LogP contribution is -2.11. The number of benzene rings is 1. The van der Waals surface area contributed by atoms with Gasteiger partial charge in [0.05, 0.1) is 15.4 Å². The quantitative estimate of drug-likeness (QED) is 0.490. The van der Waals surface area contributed by atoms with Crippen LogP contribution >= 0.6 is 22.7 Å². The molecular formula is C19H15N3O3S2. The van der Waals surface area contributed by atoms with E-state index in [-0.39, 0.29) is 11.6 Å². The third-order valence-electron chi connectivity index (χ3n) is 4.79. The SMILES string of the molecule is CC1CCc2c(sc(NC(=O)c3cc4cc([N+](=O)[O-])ccc4s3)c2C#N)C1. The van der Waals surface area contributed by atoms with Gasteiger partial charge in [0.2, 0.25) is 0 Å². The number of fused-ring (bicyclic) bond motifs is 2. The van der Waals surface area contributed by atoms with E-state index >= 15 is 0 Å². The number of nitro benzene ring substituents is 1. The van der Waals surface area contributed by atoms with Crippen LogP contribution in [0.2, 0.25) is 0 Å². The van der Waals surface area contributed by atoms with Crippen molar-refractivity contribution in [3.05, 3.63) is 55.3 Å². The van der Waals surface area contributed by atoms with Crippen LogP contribution in [0, 0.1) is 27.4 Å². The molecule has 0 saturated heterocycles. The molecular weight excluding hydrogens is 382 g/mol. The van der Waals surface area contributed by atoms with E-state index < -0.39 is 4.92 Å². The molecule has 1 aliphatic rings. The topological polar surface area (TPSA) is 96.0 Å². The molecule has 2 heterocycles. The molecule has 1 unspecified atom stereocenters. The van der Waals surface area contributed by atoms with Gasteiger partial charge in [-0.3, -0.25) is 14.9 Å². The summed E-state index contributed by atoms with van der Waals surface area (Å²) >= 11 is 2.77. The molecule has 0 fully saturated rings. The third-order valence-corrected chi connectivity index (χ3v) is 7.07. The minimum absolute atomic E-state index is 0.000855. The molecule has 0 radical (unpaired) electrons. The Hall–Kier alpha value is -2.76. The average molecular weight is 397 g/mol. The van der Waals surface area contributed by atoms with Gasteiger partial charge in [0.25, 0.3) is 11.6 Å². The van der Waals surface area contributed by atoms with E-state index in [1.165, 1.54) is 39.7 Å². The van der Waals surface area contributed by atoms with Crippen LogP contribution in [0.3, 0.4) is 0 Å². The Morgan fingerprint density at radius 3 is 2.93 bits per heavy atom. The number of carbonyl (C=O) groups excluding carboxylic acids is 1. The van der Waals surface area contributed by atoms with E-state index in [2.05, 4.69) is 18.3 Å². The molecule has 4 rings (SSSR count). The highest BCUT2D eigenvalue weighted by atomic mass is 32.1. The summed E-state index contributed by atoms with van der Waals surface area (Å²) in [6.07, 6.45) is 2.87. The monoisotopic (exact) mass is 397 g/mol. The molecule has 0 aliphatic heterocycles. The lowest BCUT2D eigenvalue weighted by molar-refractivity contribution is -0.384. The molecule has 1 aromatic carbocycles. The molecule has 136 valence electrons. The van der Waals surface area contributed by atoms with Crippen LogP contribution in [-0.4, -0.2) is 10.8 Å². The van der Waals surface area contributed by atoms with Crippen molar-refractivity contribution in [3.8, 4) is 6.07 Å². The summed E-state index contributed by atoms with van der Waals surface area (Å²) in [6.45, 7) is 2.20. The number of nitriles is 1. The van der Waals surface area contributed by atoms with Crippen LogP contribution in [0.4, 0.5) is 10.7 Å². The molecule has 1 amide bonds. The van der Waals surface area contributed by atoms with Crippen LogP contribution in [0.25, 0.3) is 10.1 Å². The summed E-state index contributed by atoms with van der Waals surface area (Å²) in [5.41, 5.74) is 1.65. The molecule has 6 nitrogen and oxygen atoms in total. The standard InChI is InChI=1S/C19H15N3O3S2/c1-10-2-4-13-14(9-20)19(27-16(13)6-10)21-18(23)17-8-11-7-12(22(24)25)3-5-15(11)26-17/h3,5,7-8,10H,2,4,6H2,1H3,(H,21,23). The van der Waals surface area contributed by atoms with Crippen molar-refractivity contribution < 1.29 is 9.72 Å². The van der Waals surface area contributed by atoms with Crippen molar-refractivity contribution in [2.45, 2.75) is 26.2 Å². The van der Waals surface area contributed by atoms with Gasteiger partial charge in [-0.15, -0.1) is 22.7 Å². The highest BCUT2D eigenvalue weighted by Gasteiger charge is 2.25. The summed E-state index contributed by atoms with van der Waals surface area (Å²) in [5, 5.41) is 24.6. The molecule has 8 heteroatoms. The van der Waals surface area contributed by atoms with Crippen LogP contribution in [0.1, 0.15) is 39.0 Å². The van der Waals surface area contributed by atoms with Crippen molar-refractivity contribution in [1.29, 1.82) is 5.26 Å². The van der Waals surface area contributed by atoms with Gasteiger partial charge < -0.3 is 5.32 Å². The molecule has 27 heavy (non-hydrogen) atoms. The summed E-state index contributed by atoms with van der Waals surface area (Å²) in [4.78, 5) is 24.8. The minimum Gasteiger partial charge on any atom is -0.312 e. The summed E-state index contributed by atoms with van der Waals surface area (Å²) < 4.78 is 0.811. The summed E-state index contributed by atoms with van der Waals surface area (Å²) in [7, 11) is 0. The Morgan fingerprint density at radius 2 is 2.19 bits per heavy atom. The Bertz CT molecular complexity index is 1120. The van der Waals surface area contributed by atoms with Gasteiger partial charge in [-0.25, -0.2) is 0 Å². The number of carbonyl (C=O) groups is 1. The number of anilines is 1. The second-order valence-electron chi connectivity index (χ2n) is 6.71. The number of thiophene rings is 2. The van der Waals surface area contributed by atoms with Crippen LogP contribution in [0.15, 0.2) is 24.3 Å². The van der Waals surface area contributed by atoms with Gasteiger partial charge in [-0.1, -0.05) is 6.92 Å². The number of nitro groups is 1. The number of hydrogen-bond donors (Lipinski definition) is 1. The van der Waals surface area contributed by atoms with Gasteiger partial charge in [0.15, 0.2) is 0 Å². The first-order valence-corrected chi connectivity index (χ1v) is 10.1. The van der Waals surface area contributed by atoms with Crippen molar-refractivity contribution in [3.63, 3.8) is 0 Å². The number of rotatable bonds is 3. The lowest BCUT2D eigenvalue weighted by atomic mass is 9.89. The first-order valence-electron chi connectivity index (χ1n) is 8.50. The smallest absolute Gasteiger partial charge is 0.270 e. The maximum absolute atomic E-state index is 12.7. The van der Waals surface area contributed by atoms with Crippen molar-refractivity contribution in [2.24, 2.45) is 5.92 Å². The van der Waals surface area contributed by atoms with Gasteiger partial charge in [-0.05, 0) is 42.9 Å². The number of amides is 1. The third kappa shape index (κ3) is 3.20. The second kappa shape index (κ2) is 6.76. The zero-order valence-corrected chi connectivity index (χ0v) is 16.1. The Morgan fingerprint density at radius 1 is 1.37 bits per heavy atom. The van der Waals surface area contributed by atoms with E-state index in [1.807, 2.05) is 0 Å². The molecule has 1 N–H and O–H groups in total. The number of nitrogens with zero attached hydrogens (tertiary/aromatic N) is 2. The Labute approximate surface area is 163 Å². The first kappa shape index (κ1) is 17.6. The fourth-order valence-electron chi connectivity index (χ4n) is 3.38. The zero-order valence-electron chi connectivity index (χ0n) is 14.4. The Balaban J connectivity index is 1.64. The van der Waals surface area contributed by atoms with Crippen LogP contribution in [0.5, 0.6) is 0 Å². The van der Waals surface area contributed by atoms with E-state index in [1.54, 1.807) is 12.1 Å². The summed E-state index contributed by atoms with van der Waals surface area (Å²) in [5.74, 6) is 0.298. The second-order valence-corrected chi connectivity index (χ2v) is 8.90. The van der Waals surface area contributed by atoms with Crippen LogP contribution < -0.4 is 5.32 Å². The fourth-order valence-corrected chi connectivity index (χ4v) is 5.67. The molecule has 1 aliphatic carbocycles. The van der Waals surface area contributed by atoms with Crippen LogP contribution in [-0.2, 0) is 12.8 Å². The highest BCUT2D eigenvalue weighted by molar-refractivity contribution is 7.21. The van der Waals surface area contributed by atoms with E-state index in [9.17, 15) is 20.2 Å². The fraction of sp³-hybridized carbons (Fsp3) is 0.263. The summed E-state index contributed by atoms with van der Waals surface area (Å²) in [6, 6.07) is 8.46. The first-order chi connectivity index (χ1) is 13.0. The predicted octanol–water partition coefficient (Wildman–Crippen LogP) is 5.12. The van der Waals surface area contributed by atoms with Crippen molar-refractivity contribution in [1.82, 2.24) is 0 Å². The molecule has 1 atom stereocenters. The highest BCUT2D eigenvalue weighted by Crippen LogP contribution is 2.39. The molecule has 0 spiro atoms. The van der Waals surface area contributed by atoms with E-state index in [4.69, 9.17) is 0 Å². The van der Waals surface area contributed by atoms with Crippen molar-refractivity contribution >= 4 is 49.4 Å².